The van der Waals surface area contributed by atoms with Gasteiger partial charge in [-0.2, -0.15) is 0 Å². The average Bonchev–Trinajstić information content (AvgIpc) is 3.75. The Morgan fingerprint density at radius 2 is 0.735 bits per heavy atom. The van der Waals surface area contributed by atoms with E-state index >= 15 is 0 Å². The topological polar surface area (TPSA) is 8.17 Å². The van der Waals surface area contributed by atoms with Crippen molar-refractivity contribution in [3.63, 3.8) is 0 Å². The third-order valence-electron chi connectivity index (χ3n) is 13.7. The minimum atomic E-state index is 1.09. The van der Waals surface area contributed by atoms with E-state index in [1.54, 1.807) is 0 Å². The summed E-state index contributed by atoms with van der Waals surface area (Å²) in [5.74, 6) is 0. The summed E-state index contributed by atoms with van der Waals surface area (Å²) < 4.78 is 2.37. The Morgan fingerprint density at radius 3 is 1.50 bits per heavy atom. The van der Waals surface area contributed by atoms with Gasteiger partial charge in [-0.25, -0.2) is 0 Å². The van der Waals surface area contributed by atoms with Crippen LogP contribution in [0, 0.1) is 0 Å². The standard InChI is InChI=1S/C66H44N2/c1-4-18-47(19-5-1)65-60-29-13-12-27-57(60)58-39-34-52(44-62(58)66(65)48-20-6-2-7-21-48)50-23-16-26-55(42-50)67(56-38-33-45-17-10-11-22-49(45)41-56)54-36-31-46(32-37-54)51-35-40-64-61(43-51)59-28-14-15-30-63(59)68(64)53-24-8-3-9-25-53/h1-44H. The van der Waals surface area contributed by atoms with Crippen LogP contribution in [0.25, 0.3) is 104 Å². The Balaban J connectivity index is 0.945. The van der Waals surface area contributed by atoms with Crippen molar-refractivity contribution in [3.8, 4) is 50.2 Å². The van der Waals surface area contributed by atoms with E-state index in [2.05, 4.69) is 276 Å². The lowest BCUT2D eigenvalue weighted by atomic mass is 9.84. The molecular formula is C66H44N2. The molecule has 12 aromatic carbocycles. The molecule has 0 aliphatic rings. The zero-order valence-electron chi connectivity index (χ0n) is 37.3. The summed E-state index contributed by atoms with van der Waals surface area (Å²) in [6, 6.07) is 97.5. The molecule has 0 saturated heterocycles. The summed E-state index contributed by atoms with van der Waals surface area (Å²) in [6.07, 6.45) is 0. The van der Waals surface area contributed by atoms with Gasteiger partial charge in [0.25, 0.3) is 0 Å². The fourth-order valence-electron chi connectivity index (χ4n) is 10.6. The van der Waals surface area contributed by atoms with Crippen molar-refractivity contribution < 1.29 is 0 Å². The highest BCUT2D eigenvalue weighted by molar-refractivity contribution is 6.22. The highest BCUT2D eigenvalue weighted by Crippen LogP contribution is 2.46. The van der Waals surface area contributed by atoms with Crippen molar-refractivity contribution in [2.75, 3.05) is 4.90 Å². The molecule has 68 heavy (non-hydrogen) atoms. The van der Waals surface area contributed by atoms with Crippen molar-refractivity contribution in [2.45, 2.75) is 0 Å². The zero-order valence-corrected chi connectivity index (χ0v) is 37.3. The fraction of sp³-hybridized carbons (Fsp3) is 0. The summed E-state index contributed by atoms with van der Waals surface area (Å²) in [7, 11) is 0. The van der Waals surface area contributed by atoms with Crippen molar-refractivity contribution in [1.29, 1.82) is 0 Å². The molecule has 0 radical (unpaired) electrons. The van der Waals surface area contributed by atoms with Gasteiger partial charge in [-0.3, -0.25) is 0 Å². The van der Waals surface area contributed by atoms with Crippen LogP contribution in [0.5, 0.6) is 0 Å². The van der Waals surface area contributed by atoms with E-state index in [1.165, 1.54) is 93.1 Å². The van der Waals surface area contributed by atoms with Crippen LogP contribution in [-0.2, 0) is 0 Å². The maximum atomic E-state index is 2.42. The van der Waals surface area contributed by atoms with Crippen LogP contribution in [0.1, 0.15) is 0 Å². The number of hydrogen-bond acceptors (Lipinski definition) is 1. The molecule has 0 saturated carbocycles. The quantitative estimate of drug-likeness (QED) is 0.138. The first kappa shape index (κ1) is 39.4. The van der Waals surface area contributed by atoms with E-state index in [9.17, 15) is 0 Å². The van der Waals surface area contributed by atoms with E-state index in [-0.39, 0.29) is 0 Å². The average molecular weight is 865 g/mol. The first-order valence-electron chi connectivity index (χ1n) is 23.4. The van der Waals surface area contributed by atoms with Gasteiger partial charge in [0.05, 0.1) is 11.0 Å². The second-order valence-electron chi connectivity index (χ2n) is 17.7. The van der Waals surface area contributed by atoms with Crippen LogP contribution in [0.15, 0.2) is 267 Å². The minimum absolute atomic E-state index is 1.09. The molecule has 1 aromatic heterocycles. The van der Waals surface area contributed by atoms with Gasteiger partial charge >= 0.3 is 0 Å². The predicted octanol–water partition coefficient (Wildman–Crippen LogP) is 18.4. The first-order valence-corrected chi connectivity index (χ1v) is 23.4. The monoisotopic (exact) mass is 864 g/mol. The van der Waals surface area contributed by atoms with Crippen molar-refractivity contribution in [1.82, 2.24) is 4.57 Å². The van der Waals surface area contributed by atoms with Crippen LogP contribution < -0.4 is 4.90 Å². The van der Waals surface area contributed by atoms with E-state index in [0.717, 1.165) is 28.3 Å². The van der Waals surface area contributed by atoms with Gasteiger partial charge in [-0.05, 0) is 150 Å². The van der Waals surface area contributed by atoms with Crippen LogP contribution in [0.3, 0.4) is 0 Å². The smallest absolute Gasteiger partial charge is 0.0541 e. The maximum Gasteiger partial charge on any atom is 0.0541 e. The Labute approximate surface area is 395 Å². The van der Waals surface area contributed by atoms with Crippen molar-refractivity contribution in [2.24, 2.45) is 0 Å². The van der Waals surface area contributed by atoms with E-state index in [4.69, 9.17) is 0 Å². The predicted molar refractivity (Wildman–Crippen MR) is 290 cm³/mol. The molecule has 0 spiro atoms. The normalized spacial score (nSPS) is 11.5. The van der Waals surface area contributed by atoms with E-state index < -0.39 is 0 Å². The largest absolute Gasteiger partial charge is 0.310 e. The van der Waals surface area contributed by atoms with Crippen LogP contribution in [-0.4, -0.2) is 4.57 Å². The van der Waals surface area contributed by atoms with E-state index in [1.807, 2.05) is 0 Å². The second kappa shape index (κ2) is 16.5. The number of aromatic nitrogens is 1. The molecule has 2 nitrogen and oxygen atoms in total. The van der Waals surface area contributed by atoms with Gasteiger partial charge in [0.15, 0.2) is 0 Å². The third kappa shape index (κ3) is 6.73. The molecule has 0 fully saturated rings. The summed E-state index contributed by atoms with van der Waals surface area (Å²) in [4.78, 5) is 2.40. The van der Waals surface area contributed by atoms with Gasteiger partial charge in [0.2, 0.25) is 0 Å². The number of fused-ring (bicyclic) bond motifs is 7. The molecule has 318 valence electrons. The number of hydrogen-bond donors (Lipinski definition) is 0. The first-order chi connectivity index (χ1) is 33.7. The van der Waals surface area contributed by atoms with Crippen molar-refractivity contribution in [3.05, 3.63) is 267 Å². The molecule has 0 bridgehead atoms. The number of rotatable bonds is 8. The molecule has 13 rings (SSSR count). The number of anilines is 3. The SMILES string of the molecule is c1ccc(-c2c(-c3ccccc3)c3cc(-c4cccc(N(c5ccc(-c6ccc7c(c6)c6ccccc6n7-c6ccccc6)cc5)c5ccc6ccccc6c5)c4)ccc3c3ccccc23)cc1. The number of nitrogens with zero attached hydrogens (tertiary/aromatic N) is 2. The maximum absolute atomic E-state index is 2.42. The summed E-state index contributed by atoms with van der Waals surface area (Å²) in [6.45, 7) is 0. The molecule has 0 amide bonds. The molecule has 2 heteroatoms. The Kier molecular flexibility index (Phi) is 9.54. The Morgan fingerprint density at radius 1 is 0.235 bits per heavy atom. The minimum Gasteiger partial charge on any atom is -0.310 e. The molecular weight excluding hydrogens is 821 g/mol. The molecule has 0 aliphatic heterocycles. The molecule has 1 heterocycles. The molecule has 0 aliphatic carbocycles. The van der Waals surface area contributed by atoms with Gasteiger partial charge in [-0.15, -0.1) is 0 Å². The summed E-state index contributed by atoms with van der Waals surface area (Å²) in [5.41, 5.74) is 16.5. The number of para-hydroxylation sites is 2. The lowest BCUT2D eigenvalue weighted by Crippen LogP contribution is -2.10. The molecule has 0 N–H and O–H groups in total. The van der Waals surface area contributed by atoms with E-state index in [0.29, 0.717) is 0 Å². The van der Waals surface area contributed by atoms with Gasteiger partial charge in [0, 0.05) is 33.5 Å². The van der Waals surface area contributed by atoms with Gasteiger partial charge in [0.1, 0.15) is 0 Å². The Hall–Kier alpha value is -8.98. The lowest BCUT2D eigenvalue weighted by Gasteiger charge is -2.27. The summed E-state index contributed by atoms with van der Waals surface area (Å²) in [5, 5.41) is 9.92. The second-order valence-corrected chi connectivity index (χ2v) is 17.7. The molecule has 0 unspecified atom stereocenters. The molecule has 0 atom stereocenters. The van der Waals surface area contributed by atoms with Crippen LogP contribution in [0.2, 0.25) is 0 Å². The fourth-order valence-corrected chi connectivity index (χ4v) is 10.6. The Bertz CT molecular complexity index is 4000. The number of benzene rings is 12. The summed E-state index contributed by atoms with van der Waals surface area (Å²) >= 11 is 0. The lowest BCUT2D eigenvalue weighted by molar-refractivity contribution is 1.18. The van der Waals surface area contributed by atoms with Gasteiger partial charge < -0.3 is 9.47 Å². The van der Waals surface area contributed by atoms with Crippen molar-refractivity contribution >= 4 is 71.2 Å². The zero-order chi connectivity index (χ0) is 45.0. The van der Waals surface area contributed by atoms with Crippen LogP contribution in [0.4, 0.5) is 17.1 Å². The highest BCUT2D eigenvalue weighted by atomic mass is 15.1. The molecule has 13 aromatic rings. The van der Waals surface area contributed by atoms with Crippen LogP contribution >= 0.6 is 0 Å². The third-order valence-corrected chi connectivity index (χ3v) is 13.7. The van der Waals surface area contributed by atoms with Gasteiger partial charge in [-0.1, -0.05) is 194 Å². The highest BCUT2D eigenvalue weighted by Gasteiger charge is 2.20.